The molecule has 0 aromatic rings. The molecule has 8 nitrogen and oxygen atoms in total. The fourth-order valence-electron chi connectivity index (χ4n) is 3.76. The van der Waals surface area contributed by atoms with Gasteiger partial charge in [-0.05, 0) is 25.6 Å². The third kappa shape index (κ3) is 3.26. The number of carbonyl (C=O) groups is 1. The molecule has 0 radical (unpaired) electrons. The molecule has 3 aliphatic heterocycles. The molecule has 0 aromatic heterocycles. The minimum Gasteiger partial charge on any atom is -0.411 e. The van der Waals surface area contributed by atoms with Crippen LogP contribution in [0.25, 0.3) is 0 Å². The Morgan fingerprint density at radius 2 is 2.39 bits per heavy atom. The zero-order valence-corrected chi connectivity index (χ0v) is 13.5. The first-order valence-corrected chi connectivity index (χ1v) is 8.36. The predicted octanol–water partition coefficient (Wildman–Crippen LogP) is -1.48. The van der Waals surface area contributed by atoms with Crippen molar-refractivity contribution in [2.24, 2.45) is 17.4 Å². The summed E-state index contributed by atoms with van der Waals surface area (Å²) >= 11 is 0. The second kappa shape index (κ2) is 6.66. The smallest absolute Gasteiger partial charge is 0.411 e. The van der Waals surface area contributed by atoms with Crippen LogP contribution < -0.4 is 11.5 Å². The lowest BCUT2D eigenvalue weighted by atomic mass is 9.78. The van der Waals surface area contributed by atoms with Gasteiger partial charge in [-0.2, -0.15) is 0 Å². The Bertz CT molecular complexity index is 456. The van der Waals surface area contributed by atoms with Crippen molar-refractivity contribution in [1.29, 1.82) is 0 Å². The van der Waals surface area contributed by atoms with E-state index in [0.717, 1.165) is 19.2 Å². The van der Waals surface area contributed by atoms with Gasteiger partial charge in [-0.1, -0.05) is 6.42 Å². The van der Waals surface area contributed by atoms with Crippen molar-refractivity contribution >= 4 is 13.0 Å². The molecule has 0 spiro atoms. The number of amides is 1. The van der Waals surface area contributed by atoms with E-state index >= 15 is 0 Å². The maximum Gasteiger partial charge on any atom is 0.458 e. The van der Waals surface area contributed by atoms with E-state index in [2.05, 4.69) is 0 Å². The molecule has 0 aromatic carbocycles. The van der Waals surface area contributed by atoms with Gasteiger partial charge in [0.25, 0.3) is 0 Å². The third-order valence-corrected chi connectivity index (χ3v) is 5.10. The van der Waals surface area contributed by atoms with Gasteiger partial charge >= 0.3 is 7.12 Å². The van der Waals surface area contributed by atoms with Gasteiger partial charge < -0.3 is 35.5 Å². The quantitative estimate of drug-likeness (QED) is 0.425. The summed E-state index contributed by atoms with van der Waals surface area (Å²) < 4.78 is 17.1. The van der Waals surface area contributed by atoms with Crippen LogP contribution in [-0.4, -0.2) is 73.3 Å². The fourth-order valence-corrected chi connectivity index (χ4v) is 3.76. The first-order chi connectivity index (χ1) is 11.0. The van der Waals surface area contributed by atoms with E-state index < -0.39 is 11.6 Å². The van der Waals surface area contributed by atoms with Crippen LogP contribution >= 0.6 is 0 Å². The minimum atomic E-state index is -0.889. The second-order valence-electron chi connectivity index (χ2n) is 6.69. The molecule has 3 heterocycles. The number of ether oxygens (including phenoxy) is 1. The van der Waals surface area contributed by atoms with Gasteiger partial charge in [0.05, 0.1) is 12.1 Å². The number of fused-ring (bicyclic) bond motifs is 3. The Labute approximate surface area is 136 Å². The molecule has 5 atom stereocenters. The summed E-state index contributed by atoms with van der Waals surface area (Å²) in [7, 11) is -0.252. The Morgan fingerprint density at radius 1 is 1.61 bits per heavy atom. The number of epoxide rings is 1. The number of hydrogen-bond donors (Lipinski definition) is 3. The third-order valence-electron chi connectivity index (χ3n) is 5.10. The molecule has 23 heavy (non-hydrogen) atoms. The van der Waals surface area contributed by atoms with Gasteiger partial charge in [0.1, 0.15) is 12.1 Å². The lowest BCUT2D eigenvalue weighted by Gasteiger charge is -2.28. The van der Waals surface area contributed by atoms with Crippen molar-refractivity contribution in [2.75, 3.05) is 26.3 Å². The maximum absolute atomic E-state index is 12.3. The van der Waals surface area contributed by atoms with Crippen molar-refractivity contribution in [1.82, 2.24) is 4.90 Å². The summed E-state index contributed by atoms with van der Waals surface area (Å²) in [6.45, 7) is 3.11. The van der Waals surface area contributed by atoms with E-state index in [-0.39, 0.29) is 37.9 Å². The normalized spacial score (nSPS) is 38.2. The van der Waals surface area contributed by atoms with E-state index in [1.807, 2.05) is 6.92 Å². The average Bonchev–Trinajstić information content (AvgIpc) is 3.22. The Balaban J connectivity index is 1.70. The first kappa shape index (κ1) is 17.1. The van der Waals surface area contributed by atoms with Crippen LogP contribution in [0.4, 0.5) is 0 Å². The van der Waals surface area contributed by atoms with Crippen LogP contribution in [-0.2, 0) is 18.8 Å². The Hall–Kier alpha value is -0.705. The highest BCUT2D eigenvalue weighted by Gasteiger charge is 2.62. The largest absolute Gasteiger partial charge is 0.458 e. The SMILES string of the molecule is CCOB1CCC[C@H]2CN(C(=O)[C@@H](N)CO)C[C@@]2(N)C2OC2O1. The zero-order valence-electron chi connectivity index (χ0n) is 13.5. The molecule has 0 bridgehead atoms. The van der Waals surface area contributed by atoms with Crippen LogP contribution in [0.3, 0.4) is 0 Å². The van der Waals surface area contributed by atoms with Crippen molar-refractivity contribution in [3.8, 4) is 0 Å². The van der Waals surface area contributed by atoms with Crippen LogP contribution in [0.15, 0.2) is 0 Å². The van der Waals surface area contributed by atoms with E-state index in [1.165, 1.54) is 0 Å². The molecule has 130 valence electrons. The zero-order chi connectivity index (χ0) is 16.6. The highest BCUT2D eigenvalue weighted by molar-refractivity contribution is 6.44. The van der Waals surface area contributed by atoms with E-state index in [1.54, 1.807) is 4.90 Å². The second-order valence-corrected chi connectivity index (χ2v) is 6.69. The van der Waals surface area contributed by atoms with Crippen molar-refractivity contribution < 1.29 is 23.9 Å². The number of hydrogen-bond acceptors (Lipinski definition) is 7. The summed E-state index contributed by atoms with van der Waals surface area (Å²) in [6.07, 6.45) is 2.00. The summed E-state index contributed by atoms with van der Waals surface area (Å²) in [6, 6.07) is -0.889. The van der Waals surface area contributed by atoms with Gasteiger partial charge in [0.2, 0.25) is 5.91 Å². The molecule has 2 unspecified atom stereocenters. The van der Waals surface area contributed by atoms with Gasteiger partial charge in [-0.25, -0.2) is 0 Å². The Kier molecular flexibility index (Phi) is 4.96. The minimum absolute atomic E-state index is 0.135. The highest BCUT2D eigenvalue weighted by atomic mass is 16.8. The summed E-state index contributed by atoms with van der Waals surface area (Å²) in [5, 5.41) is 9.09. The fraction of sp³-hybridized carbons (Fsp3) is 0.929. The average molecular weight is 327 g/mol. The van der Waals surface area contributed by atoms with Crippen molar-refractivity contribution in [3.63, 3.8) is 0 Å². The number of carbonyl (C=O) groups excluding carboxylic acids is 1. The summed E-state index contributed by atoms with van der Waals surface area (Å²) in [5.74, 6) is -0.122. The van der Waals surface area contributed by atoms with Gasteiger partial charge in [0.15, 0.2) is 6.29 Å². The number of likely N-dealkylation sites (tertiary alicyclic amines) is 1. The van der Waals surface area contributed by atoms with Crippen LogP contribution in [0.1, 0.15) is 19.8 Å². The van der Waals surface area contributed by atoms with E-state index in [4.69, 9.17) is 30.6 Å². The van der Waals surface area contributed by atoms with E-state index in [9.17, 15) is 4.79 Å². The molecule has 3 saturated heterocycles. The predicted molar refractivity (Wildman–Crippen MR) is 83.2 cm³/mol. The maximum atomic E-state index is 12.3. The van der Waals surface area contributed by atoms with Crippen LogP contribution in [0, 0.1) is 5.92 Å². The number of rotatable bonds is 4. The molecule has 1 amide bonds. The van der Waals surface area contributed by atoms with Gasteiger partial charge in [0, 0.05) is 19.7 Å². The molecule has 0 saturated carbocycles. The lowest BCUT2D eigenvalue weighted by molar-refractivity contribution is -0.132. The van der Waals surface area contributed by atoms with Gasteiger partial charge in [-0.3, -0.25) is 4.79 Å². The van der Waals surface area contributed by atoms with E-state index in [0.29, 0.717) is 19.7 Å². The van der Waals surface area contributed by atoms with Crippen molar-refractivity contribution in [3.05, 3.63) is 0 Å². The molecular weight excluding hydrogens is 301 g/mol. The lowest BCUT2D eigenvalue weighted by Crippen LogP contribution is -2.54. The summed E-state index contributed by atoms with van der Waals surface area (Å²) in [4.78, 5) is 13.9. The number of nitrogens with two attached hydrogens (primary N) is 2. The standard InChI is InChI=1S/C14H26BN3O5/c1-2-21-15-5-3-4-9-6-18(12(20)10(16)7-19)8-14(9,17)11-13(22-11)23-15/h9-11,13,19H,2-8,16-17H2,1H3/t9-,10-,11?,13?,14-/m0/s1. The van der Waals surface area contributed by atoms with Crippen LogP contribution in [0.5, 0.6) is 0 Å². The molecule has 9 heteroatoms. The molecular formula is C14H26BN3O5. The molecule has 0 aliphatic carbocycles. The number of nitrogens with zero attached hydrogens (tertiary/aromatic N) is 1. The van der Waals surface area contributed by atoms with Crippen LogP contribution in [0.2, 0.25) is 6.32 Å². The highest BCUT2D eigenvalue weighted by Crippen LogP contribution is 2.44. The molecule has 3 aliphatic rings. The van der Waals surface area contributed by atoms with Crippen molar-refractivity contribution in [2.45, 2.75) is 50.1 Å². The number of aliphatic hydroxyl groups is 1. The monoisotopic (exact) mass is 327 g/mol. The van der Waals surface area contributed by atoms with Gasteiger partial charge in [-0.15, -0.1) is 0 Å². The number of aliphatic hydroxyl groups excluding tert-OH is 1. The molecule has 3 fully saturated rings. The topological polar surface area (TPSA) is 124 Å². The Morgan fingerprint density at radius 3 is 3.09 bits per heavy atom. The first-order valence-electron chi connectivity index (χ1n) is 8.36. The summed E-state index contributed by atoms with van der Waals surface area (Å²) in [5.41, 5.74) is 11.7. The molecule has 5 N–H and O–H groups in total. The molecule has 3 rings (SSSR count).